The molecule has 3 N–H and O–H groups in total. The number of likely N-dealkylation sites (N-methyl/N-ethyl adjacent to an activating group) is 2. The lowest BCUT2D eigenvalue weighted by Gasteiger charge is -2.23. The molecule has 1 heterocycles. The monoisotopic (exact) mass is 485 g/mol. The minimum atomic E-state index is -0.551. The molecule has 0 spiro atoms. The molecule has 0 saturated heterocycles. The molecule has 0 saturated carbocycles. The Bertz CT molecular complexity index is 887. The number of nitrogens with one attached hydrogen (secondary N) is 3. The van der Waals surface area contributed by atoms with Crippen molar-refractivity contribution in [1.29, 1.82) is 0 Å². The van der Waals surface area contributed by atoms with Gasteiger partial charge in [0.25, 0.3) is 0 Å². The van der Waals surface area contributed by atoms with Gasteiger partial charge in [0.2, 0.25) is 17.8 Å². The molecule has 2 amide bonds. The highest BCUT2D eigenvalue weighted by molar-refractivity contribution is 5.92. The van der Waals surface area contributed by atoms with Crippen LogP contribution in [0.15, 0.2) is 18.3 Å². The summed E-state index contributed by atoms with van der Waals surface area (Å²) in [6.45, 7) is 10.9. The molecule has 0 aliphatic heterocycles. The molecule has 0 unspecified atom stereocenters. The summed E-state index contributed by atoms with van der Waals surface area (Å²) in [5.74, 6) is 7.74. The van der Waals surface area contributed by atoms with Crippen molar-refractivity contribution in [2.45, 2.75) is 53.0 Å². The summed E-state index contributed by atoms with van der Waals surface area (Å²) in [6, 6.07) is -0.551. The molecule has 1 atom stereocenters. The van der Waals surface area contributed by atoms with E-state index in [4.69, 9.17) is 0 Å². The molecule has 0 fully saturated rings. The van der Waals surface area contributed by atoms with Crippen LogP contribution in [0.25, 0.3) is 0 Å². The zero-order valence-corrected chi connectivity index (χ0v) is 22.4. The average molecular weight is 486 g/mol. The van der Waals surface area contributed by atoms with Gasteiger partial charge >= 0.3 is 0 Å². The third kappa shape index (κ3) is 12.2. The highest BCUT2D eigenvalue weighted by Crippen LogP contribution is 2.13. The highest BCUT2D eigenvalue weighted by atomic mass is 16.2. The number of carbonyl (C=O) groups excluding carboxylic acids is 2. The van der Waals surface area contributed by atoms with E-state index in [1.54, 1.807) is 26.2 Å². The molecule has 0 aliphatic rings. The van der Waals surface area contributed by atoms with Crippen LogP contribution in [0, 0.1) is 17.8 Å². The molecule has 1 aromatic heterocycles. The zero-order chi connectivity index (χ0) is 26.2. The quantitative estimate of drug-likeness (QED) is 0.211. The second-order valence-corrected chi connectivity index (χ2v) is 9.14. The van der Waals surface area contributed by atoms with Gasteiger partial charge in [-0.15, -0.1) is 0 Å². The molecule has 0 radical (unpaired) electrons. The number of amides is 2. The number of hydrogen-bond acceptors (Lipinski definition) is 7. The van der Waals surface area contributed by atoms with Crippen LogP contribution in [-0.4, -0.2) is 84.9 Å². The third-order valence-corrected chi connectivity index (χ3v) is 5.04. The van der Waals surface area contributed by atoms with Crippen LogP contribution in [0.2, 0.25) is 0 Å². The summed E-state index contributed by atoms with van der Waals surface area (Å²) < 4.78 is 0. The lowest BCUT2D eigenvalue weighted by Crippen LogP contribution is -2.45. The predicted molar refractivity (Wildman–Crippen MR) is 143 cm³/mol. The van der Waals surface area contributed by atoms with E-state index in [9.17, 15) is 9.59 Å². The lowest BCUT2D eigenvalue weighted by atomic mass is 10.2. The first kappa shape index (κ1) is 29.9. The van der Waals surface area contributed by atoms with Gasteiger partial charge in [0, 0.05) is 45.7 Å². The normalized spacial score (nSPS) is 11.8. The van der Waals surface area contributed by atoms with E-state index in [1.807, 2.05) is 19.0 Å². The van der Waals surface area contributed by atoms with Crippen molar-refractivity contribution in [1.82, 2.24) is 25.1 Å². The van der Waals surface area contributed by atoms with Gasteiger partial charge in [-0.05, 0) is 39.8 Å². The van der Waals surface area contributed by atoms with Gasteiger partial charge in [0.1, 0.15) is 11.9 Å². The molecule has 1 aromatic rings. The van der Waals surface area contributed by atoms with Gasteiger partial charge in [-0.1, -0.05) is 38.7 Å². The summed E-state index contributed by atoms with van der Waals surface area (Å²) in [7, 11) is 5.49. The molecule has 194 valence electrons. The fourth-order valence-corrected chi connectivity index (χ4v) is 2.77. The summed E-state index contributed by atoms with van der Waals surface area (Å²) in [4.78, 5) is 36.9. The molecular weight excluding hydrogens is 442 g/mol. The van der Waals surface area contributed by atoms with Crippen LogP contribution in [0.4, 0.5) is 11.8 Å². The Morgan fingerprint density at radius 2 is 1.89 bits per heavy atom. The van der Waals surface area contributed by atoms with E-state index >= 15 is 0 Å². The average Bonchev–Trinajstić information content (AvgIpc) is 2.82. The van der Waals surface area contributed by atoms with Gasteiger partial charge in [0.15, 0.2) is 0 Å². The first-order valence-electron chi connectivity index (χ1n) is 12.3. The van der Waals surface area contributed by atoms with Crippen molar-refractivity contribution in [3.63, 3.8) is 0 Å². The van der Waals surface area contributed by atoms with E-state index in [0.717, 1.165) is 30.9 Å². The number of rotatable bonds is 14. The van der Waals surface area contributed by atoms with Gasteiger partial charge < -0.3 is 25.8 Å². The molecule has 9 nitrogen and oxygen atoms in total. The van der Waals surface area contributed by atoms with Crippen molar-refractivity contribution >= 4 is 23.6 Å². The Morgan fingerprint density at radius 3 is 2.54 bits per heavy atom. The zero-order valence-electron chi connectivity index (χ0n) is 22.4. The van der Waals surface area contributed by atoms with Crippen molar-refractivity contribution in [2.24, 2.45) is 5.92 Å². The predicted octanol–water partition coefficient (Wildman–Crippen LogP) is 2.58. The molecular formula is C26H43N7O2. The highest BCUT2D eigenvalue weighted by Gasteiger charge is 2.20. The van der Waals surface area contributed by atoms with E-state index in [1.165, 1.54) is 11.0 Å². The number of aromatic nitrogens is 2. The number of carbonyl (C=O) groups is 2. The summed E-state index contributed by atoms with van der Waals surface area (Å²) in [6.07, 6.45) is 7.34. The maximum atomic E-state index is 12.4. The minimum absolute atomic E-state index is 0.182. The van der Waals surface area contributed by atoms with Gasteiger partial charge in [-0.3, -0.25) is 9.59 Å². The van der Waals surface area contributed by atoms with Crippen LogP contribution >= 0.6 is 0 Å². The molecule has 0 aromatic carbocycles. The van der Waals surface area contributed by atoms with E-state index < -0.39 is 6.04 Å². The topological polar surface area (TPSA) is 102 Å². The molecule has 0 aliphatic carbocycles. The Kier molecular flexibility index (Phi) is 14.1. The first-order valence-corrected chi connectivity index (χ1v) is 12.3. The summed E-state index contributed by atoms with van der Waals surface area (Å²) >= 11 is 0. The number of anilines is 2. The van der Waals surface area contributed by atoms with Gasteiger partial charge in [0.05, 0.1) is 11.8 Å². The maximum absolute atomic E-state index is 12.4. The SMILES string of the molecule is CCCNc1nc(NCC(C)C)ncc1C#CCCCNC(=O)[C@H](C)N(C)C(=O)/C=C/CN(C)C. The first-order chi connectivity index (χ1) is 16.6. The van der Waals surface area contributed by atoms with Crippen LogP contribution in [0.5, 0.6) is 0 Å². The van der Waals surface area contributed by atoms with Crippen LogP contribution in [-0.2, 0) is 9.59 Å². The van der Waals surface area contributed by atoms with Gasteiger partial charge in [-0.25, -0.2) is 4.98 Å². The summed E-state index contributed by atoms with van der Waals surface area (Å²) in [5.41, 5.74) is 0.758. The number of hydrogen-bond donors (Lipinski definition) is 3. The lowest BCUT2D eigenvalue weighted by molar-refractivity contribution is -0.135. The van der Waals surface area contributed by atoms with Crippen LogP contribution < -0.4 is 16.0 Å². The minimum Gasteiger partial charge on any atom is -0.369 e. The Hall–Kier alpha value is -3.12. The number of nitrogens with zero attached hydrogens (tertiary/aromatic N) is 4. The van der Waals surface area contributed by atoms with Crippen molar-refractivity contribution in [2.75, 3.05) is 58.0 Å². The molecule has 9 heteroatoms. The third-order valence-electron chi connectivity index (χ3n) is 5.04. The maximum Gasteiger partial charge on any atom is 0.246 e. The molecule has 1 rings (SSSR count). The summed E-state index contributed by atoms with van der Waals surface area (Å²) in [5, 5.41) is 9.44. The van der Waals surface area contributed by atoms with E-state index in [-0.39, 0.29) is 11.8 Å². The van der Waals surface area contributed by atoms with Crippen molar-refractivity contribution < 1.29 is 9.59 Å². The fourth-order valence-electron chi connectivity index (χ4n) is 2.77. The van der Waals surface area contributed by atoms with E-state index in [0.29, 0.717) is 37.8 Å². The smallest absolute Gasteiger partial charge is 0.246 e. The fraction of sp³-hybridized carbons (Fsp3) is 0.615. The largest absolute Gasteiger partial charge is 0.369 e. The Labute approximate surface area is 211 Å². The van der Waals surface area contributed by atoms with Crippen LogP contribution in [0.3, 0.4) is 0 Å². The molecule has 35 heavy (non-hydrogen) atoms. The Balaban J connectivity index is 2.54. The second kappa shape index (κ2) is 16.5. The van der Waals surface area contributed by atoms with Gasteiger partial charge in [-0.2, -0.15) is 4.98 Å². The number of unbranched alkanes of at least 4 members (excludes halogenated alkanes) is 1. The second-order valence-electron chi connectivity index (χ2n) is 9.14. The Morgan fingerprint density at radius 1 is 1.14 bits per heavy atom. The molecule has 0 bridgehead atoms. The standard InChI is InChI=1S/C26H43N7O2/c1-8-15-27-24-22(19-30-26(31-24)29-18-20(2)3)13-10-9-11-16-28-25(35)21(4)33(7)23(34)14-12-17-32(5)6/h12,14,19-21H,8-9,11,15-18H2,1-7H3,(H,28,35)(H2,27,29,30,31)/b14-12+/t21-/m0/s1. The van der Waals surface area contributed by atoms with Crippen molar-refractivity contribution in [3.05, 3.63) is 23.9 Å². The van der Waals surface area contributed by atoms with Crippen LogP contribution in [0.1, 0.15) is 52.5 Å². The van der Waals surface area contributed by atoms with E-state index in [2.05, 4.69) is 58.5 Å². The van der Waals surface area contributed by atoms with Crippen molar-refractivity contribution in [3.8, 4) is 11.8 Å².